The molecule has 3 rings (SSSR count). The second kappa shape index (κ2) is 10.7. The van der Waals surface area contributed by atoms with Gasteiger partial charge in [0.15, 0.2) is 0 Å². The van der Waals surface area contributed by atoms with Crippen molar-refractivity contribution in [3.05, 3.63) is 60.3 Å². The molecular formula is C23H25F3N4O2. The lowest BCUT2D eigenvalue weighted by atomic mass is 10.2. The number of hydrogen-bond donors (Lipinski definition) is 2. The van der Waals surface area contributed by atoms with Gasteiger partial charge in [-0.25, -0.2) is 4.98 Å². The highest BCUT2D eigenvalue weighted by atomic mass is 19.4. The highest BCUT2D eigenvalue weighted by Gasteiger charge is 2.35. The van der Waals surface area contributed by atoms with Gasteiger partial charge >= 0.3 is 6.18 Å². The number of rotatable bonds is 10. The van der Waals surface area contributed by atoms with Crippen LogP contribution in [0.5, 0.6) is 11.5 Å². The summed E-state index contributed by atoms with van der Waals surface area (Å²) in [5.41, 5.74) is 0.105. The van der Waals surface area contributed by atoms with Crippen molar-refractivity contribution in [1.82, 2.24) is 9.97 Å². The Bertz CT molecular complexity index is 994. The Morgan fingerprint density at radius 1 is 0.844 bits per heavy atom. The number of unbranched alkanes of at least 4 members (excludes halogenated alkanes) is 1. The molecule has 2 N–H and O–H groups in total. The first-order valence-corrected chi connectivity index (χ1v) is 10.3. The van der Waals surface area contributed by atoms with Gasteiger partial charge in [-0.1, -0.05) is 13.3 Å². The van der Waals surface area contributed by atoms with Crippen LogP contribution in [0.2, 0.25) is 0 Å². The lowest BCUT2D eigenvalue weighted by molar-refractivity contribution is -0.137. The zero-order valence-corrected chi connectivity index (χ0v) is 17.9. The molecule has 0 aliphatic carbocycles. The molecule has 0 saturated heterocycles. The van der Waals surface area contributed by atoms with Gasteiger partial charge in [0.25, 0.3) is 0 Å². The second-order valence-corrected chi connectivity index (χ2v) is 6.89. The average molecular weight is 446 g/mol. The van der Waals surface area contributed by atoms with E-state index in [9.17, 15) is 13.2 Å². The topological polar surface area (TPSA) is 68.3 Å². The van der Waals surface area contributed by atoms with Crippen molar-refractivity contribution >= 4 is 23.1 Å². The minimum atomic E-state index is -4.61. The summed E-state index contributed by atoms with van der Waals surface area (Å²) >= 11 is 0. The first kappa shape index (κ1) is 23.2. The van der Waals surface area contributed by atoms with Crippen LogP contribution in [0.25, 0.3) is 0 Å². The van der Waals surface area contributed by atoms with Gasteiger partial charge in [-0.3, -0.25) is 0 Å². The van der Waals surface area contributed by atoms with E-state index in [1.54, 1.807) is 48.5 Å². The van der Waals surface area contributed by atoms with Crippen LogP contribution < -0.4 is 20.1 Å². The molecule has 1 heterocycles. The predicted molar refractivity (Wildman–Crippen MR) is 118 cm³/mol. The van der Waals surface area contributed by atoms with Crippen LogP contribution in [0.1, 0.15) is 32.3 Å². The molecular weight excluding hydrogens is 421 g/mol. The molecule has 0 amide bonds. The summed E-state index contributed by atoms with van der Waals surface area (Å²) in [5, 5.41) is 5.65. The summed E-state index contributed by atoms with van der Waals surface area (Å²) in [5.74, 6) is 1.03. The summed E-state index contributed by atoms with van der Waals surface area (Å²) in [6.07, 6.45) is -1.85. The predicted octanol–water partition coefficient (Wildman–Crippen LogP) is 6.56. The Morgan fingerprint density at radius 2 is 1.44 bits per heavy atom. The Balaban J connectivity index is 1.77. The first-order chi connectivity index (χ1) is 15.4. The fraction of sp³-hybridized carbons (Fsp3) is 0.304. The minimum Gasteiger partial charge on any atom is -0.494 e. The molecule has 0 bridgehead atoms. The first-order valence-electron chi connectivity index (χ1n) is 10.3. The van der Waals surface area contributed by atoms with E-state index in [0.29, 0.717) is 30.3 Å². The van der Waals surface area contributed by atoms with Gasteiger partial charge in [0, 0.05) is 17.6 Å². The summed E-state index contributed by atoms with van der Waals surface area (Å²) in [6.45, 7) is 5.06. The third-order valence-corrected chi connectivity index (χ3v) is 4.40. The number of nitrogens with zero attached hydrogens (tertiary/aromatic N) is 2. The van der Waals surface area contributed by atoms with Gasteiger partial charge in [-0.05, 0) is 61.9 Å². The van der Waals surface area contributed by atoms with Crippen LogP contribution in [0, 0.1) is 0 Å². The Kier molecular flexibility index (Phi) is 7.75. The van der Waals surface area contributed by atoms with E-state index in [-0.39, 0.29) is 11.8 Å². The van der Waals surface area contributed by atoms with Crippen molar-refractivity contribution in [3.63, 3.8) is 0 Å². The van der Waals surface area contributed by atoms with Gasteiger partial charge < -0.3 is 20.1 Å². The number of halogens is 3. The summed E-state index contributed by atoms with van der Waals surface area (Å²) < 4.78 is 51.4. The number of ether oxygens (including phenoxy) is 2. The van der Waals surface area contributed by atoms with Gasteiger partial charge in [0.2, 0.25) is 5.95 Å². The van der Waals surface area contributed by atoms with E-state index in [2.05, 4.69) is 27.5 Å². The number of benzene rings is 2. The highest BCUT2D eigenvalue weighted by molar-refractivity contribution is 5.63. The molecule has 0 aliphatic heterocycles. The van der Waals surface area contributed by atoms with Crippen molar-refractivity contribution < 1.29 is 22.6 Å². The van der Waals surface area contributed by atoms with Crippen molar-refractivity contribution in [2.45, 2.75) is 32.9 Å². The number of aromatic nitrogens is 2. The van der Waals surface area contributed by atoms with Crippen molar-refractivity contribution in [3.8, 4) is 11.5 Å². The van der Waals surface area contributed by atoms with Crippen LogP contribution >= 0.6 is 0 Å². The largest absolute Gasteiger partial charge is 0.494 e. The molecule has 0 spiro atoms. The van der Waals surface area contributed by atoms with Gasteiger partial charge in [0.1, 0.15) is 22.9 Å². The lowest BCUT2D eigenvalue weighted by Gasteiger charge is -2.15. The molecule has 3 aromatic rings. The summed E-state index contributed by atoms with van der Waals surface area (Å²) in [4.78, 5) is 7.89. The minimum absolute atomic E-state index is 0.0334. The van der Waals surface area contributed by atoms with E-state index in [0.717, 1.165) is 24.8 Å². The molecule has 170 valence electrons. The second-order valence-electron chi connectivity index (χ2n) is 6.89. The van der Waals surface area contributed by atoms with Crippen molar-refractivity contribution in [1.29, 1.82) is 0 Å². The molecule has 1 aromatic heterocycles. The average Bonchev–Trinajstić information content (AvgIpc) is 2.76. The normalized spacial score (nSPS) is 11.2. The van der Waals surface area contributed by atoms with Gasteiger partial charge in [0.05, 0.1) is 13.2 Å². The monoisotopic (exact) mass is 446 g/mol. The van der Waals surface area contributed by atoms with E-state index < -0.39 is 11.7 Å². The Morgan fingerprint density at radius 3 is 2.00 bits per heavy atom. The van der Waals surface area contributed by atoms with Gasteiger partial charge in [-0.15, -0.1) is 0 Å². The summed E-state index contributed by atoms with van der Waals surface area (Å²) in [7, 11) is 0. The lowest BCUT2D eigenvalue weighted by Crippen LogP contribution is -2.12. The maximum absolute atomic E-state index is 13.5. The number of hydrogen-bond acceptors (Lipinski definition) is 6. The van der Waals surface area contributed by atoms with E-state index >= 15 is 0 Å². The van der Waals surface area contributed by atoms with Crippen molar-refractivity contribution in [2.75, 3.05) is 23.8 Å². The van der Waals surface area contributed by atoms with E-state index in [1.165, 1.54) is 0 Å². The van der Waals surface area contributed by atoms with E-state index in [1.807, 2.05) is 6.92 Å². The molecule has 0 radical (unpaired) electrons. The molecule has 0 aliphatic rings. The molecule has 0 atom stereocenters. The zero-order chi connectivity index (χ0) is 23.0. The third kappa shape index (κ3) is 6.50. The fourth-order valence-corrected chi connectivity index (χ4v) is 2.78. The molecule has 32 heavy (non-hydrogen) atoms. The zero-order valence-electron chi connectivity index (χ0n) is 17.9. The SMILES string of the molecule is CCCCOc1ccc(Nc2ncc(C(F)(F)F)c(Nc3ccc(OCC)cc3)n2)cc1. The fourth-order valence-electron chi connectivity index (χ4n) is 2.78. The molecule has 0 fully saturated rings. The standard InChI is InChI=1S/C23H25F3N4O2/c1-3-5-14-32-19-12-8-17(9-13-19)29-22-27-15-20(23(24,25)26)21(30-22)28-16-6-10-18(11-7-16)31-4-2/h6-13,15H,3-5,14H2,1-2H3,(H2,27,28,29,30). The van der Waals surface area contributed by atoms with Crippen LogP contribution in [0.15, 0.2) is 54.7 Å². The van der Waals surface area contributed by atoms with Crippen LogP contribution in [0.4, 0.5) is 36.3 Å². The molecule has 2 aromatic carbocycles. The maximum Gasteiger partial charge on any atom is 0.421 e. The maximum atomic E-state index is 13.5. The Labute approximate surface area is 184 Å². The molecule has 9 heteroatoms. The third-order valence-electron chi connectivity index (χ3n) is 4.40. The number of anilines is 4. The van der Waals surface area contributed by atoms with Crippen LogP contribution in [0.3, 0.4) is 0 Å². The van der Waals surface area contributed by atoms with Crippen molar-refractivity contribution in [2.24, 2.45) is 0 Å². The summed E-state index contributed by atoms with van der Waals surface area (Å²) in [6, 6.07) is 13.6. The van der Waals surface area contributed by atoms with Gasteiger partial charge in [-0.2, -0.15) is 18.2 Å². The number of nitrogens with one attached hydrogen (secondary N) is 2. The molecule has 0 unspecified atom stereocenters. The highest BCUT2D eigenvalue weighted by Crippen LogP contribution is 2.35. The quantitative estimate of drug-likeness (QED) is 0.344. The van der Waals surface area contributed by atoms with E-state index in [4.69, 9.17) is 9.47 Å². The smallest absolute Gasteiger partial charge is 0.421 e. The molecule has 6 nitrogen and oxygen atoms in total. The van der Waals surface area contributed by atoms with Crippen LogP contribution in [-0.4, -0.2) is 23.2 Å². The Hall–Kier alpha value is -3.49. The molecule has 0 saturated carbocycles. The number of alkyl halides is 3. The van der Waals surface area contributed by atoms with Crippen LogP contribution in [-0.2, 0) is 6.18 Å².